The molecule has 2 rings (SSSR count). The molecule has 0 radical (unpaired) electrons. The van der Waals surface area contributed by atoms with Crippen LogP contribution >= 0.6 is 24.8 Å². The van der Waals surface area contributed by atoms with Gasteiger partial charge in [-0.25, -0.2) is 0 Å². The van der Waals surface area contributed by atoms with E-state index in [0.29, 0.717) is 0 Å². The summed E-state index contributed by atoms with van der Waals surface area (Å²) in [6.45, 7) is 9.87. The Kier molecular flexibility index (Phi) is 10.1. The van der Waals surface area contributed by atoms with Gasteiger partial charge in [0.2, 0.25) is 5.91 Å². The van der Waals surface area contributed by atoms with E-state index in [1.54, 1.807) is 0 Å². The first-order valence-corrected chi connectivity index (χ1v) is 8.70. The predicted molar refractivity (Wildman–Crippen MR) is 101 cm³/mol. The van der Waals surface area contributed by atoms with Crippen LogP contribution < -0.4 is 11.1 Å². The number of amides is 1. The number of rotatable bonds is 5. The first-order valence-electron chi connectivity index (χ1n) is 8.70. The highest BCUT2D eigenvalue weighted by atomic mass is 35.5. The van der Waals surface area contributed by atoms with E-state index in [0.717, 1.165) is 38.3 Å². The van der Waals surface area contributed by atoms with Crippen LogP contribution in [-0.4, -0.2) is 42.0 Å². The maximum atomic E-state index is 12.3. The van der Waals surface area contributed by atoms with Gasteiger partial charge >= 0.3 is 0 Å². The molecule has 0 spiro atoms. The van der Waals surface area contributed by atoms with Gasteiger partial charge in [-0.15, -0.1) is 24.8 Å². The van der Waals surface area contributed by atoms with Crippen molar-refractivity contribution < 1.29 is 4.79 Å². The normalized spacial score (nSPS) is 28.6. The molecule has 3 atom stereocenters. The lowest BCUT2D eigenvalue weighted by Gasteiger charge is -2.43. The molecule has 1 heterocycles. The van der Waals surface area contributed by atoms with Crippen molar-refractivity contribution in [2.24, 2.45) is 17.6 Å². The average Bonchev–Trinajstić information content (AvgIpc) is 2.91. The summed E-state index contributed by atoms with van der Waals surface area (Å²) < 4.78 is 0. The van der Waals surface area contributed by atoms with Gasteiger partial charge in [0.05, 0.1) is 0 Å². The molecule has 1 amide bonds. The second-order valence-corrected chi connectivity index (χ2v) is 7.66. The SMILES string of the molecule is CCC1CCCN(C(C)(C)CNC(=O)C2CCC(N)C2)C1.Cl.Cl. The van der Waals surface area contributed by atoms with Gasteiger partial charge in [-0.3, -0.25) is 9.69 Å². The summed E-state index contributed by atoms with van der Waals surface area (Å²) in [4.78, 5) is 14.8. The van der Waals surface area contributed by atoms with Crippen LogP contribution in [0.2, 0.25) is 0 Å². The lowest BCUT2D eigenvalue weighted by atomic mass is 9.91. The molecule has 0 aromatic carbocycles. The summed E-state index contributed by atoms with van der Waals surface area (Å²) in [6, 6.07) is 0.223. The van der Waals surface area contributed by atoms with Gasteiger partial charge in [-0.2, -0.15) is 0 Å². The molecule has 1 aliphatic heterocycles. The summed E-state index contributed by atoms with van der Waals surface area (Å²) >= 11 is 0. The van der Waals surface area contributed by atoms with Crippen LogP contribution in [0.1, 0.15) is 59.3 Å². The maximum Gasteiger partial charge on any atom is 0.223 e. The van der Waals surface area contributed by atoms with Crippen molar-refractivity contribution in [3.8, 4) is 0 Å². The van der Waals surface area contributed by atoms with Crippen molar-refractivity contribution in [3.63, 3.8) is 0 Å². The van der Waals surface area contributed by atoms with Gasteiger partial charge in [0, 0.05) is 30.6 Å². The van der Waals surface area contributed by atoms with Crippen LogP contribution in [0, 0.1) is 11.8 Å². The lowest BCUT2D eigenvalue weighted by molar-refractivity contribution is -0.125. The van der Waals surface area contributed by atoms with Gasteiger partial charge in [-0.1, -0.05) is 13.3 Å². The lowest BCUT2D eigenvalue weighted by Crippen LogP contribution is -2.55. The number of halogens is 2. The number of nitrogens with two attached hydrogens (primary N) is 1. The fraction of sp³-hybridized carbons (Fsp3) is 0.941. The Labute approximate surface area is 154 Å². The number of nitrogens with one attached hydrogen (secondary N) is 1. The second kappa shape index (κ2) is 10.1. The Morgan fingerprint density at radius 2 is 1.96 bits per heavy atom. The molecule has 23 heavy (non-hydrogen) atoms. The molecule has 2 fully saturated rings. The molecular formula is C17H35Cl2N3O. The van der Waals surface area contributed by atoms with E-state index in [4.69, 9.17) is 5.73 Å². The van der Waals surface area contributed by atoms with Gasteiger partial charge in [0.15, 0.2) is 0 Å². The molecule has 6 heteroatoms. The Morgan fingerprint density at radius 1 is 1.26 bits per heavy atom. The number of piperidine rings is 1. The van der Waals surface area contributed by atoms with Gasteiger partial charge in [-0.05, 0) is 58.4 Å². The Balaban J connectivity index is 0.00000242. The number of carbonyl (C=O) groups is 1. The van der Waals surface area contributed by atoms with Crippen molar-refractivity contribution in [2.45, 2.75) is 70.9 Å². The minimum absolute atomic E-state index is 0. The number of nitrogens with zero attached hydrogens (tertiary/aromatic N) is 1. The number of likely N-dealkylation sites (tertiary alicyclic amines) is 1. The second-order valence-electron chi connectivity index (χ2n) is 7.66. The highest BCUT2D eigenvalue weighted by molar-refractivity contribution is 5.85. The van der Waals surface area contributed by atoms with Crippen molar-refractivity contribution in [1.82, 2.24) is 10.2 Å². The number of hydrogen-bond donors (Lipinski definition) is 2. The molecule has 3 unspecified atom stereocenters. The van der Waals surface area contributed by atoms with Gasteiger partial charge < -0.3 is 11.1 Å². The van der Waals surface area contributed by atoms with Gasteiger partial charge in [0.1, 0.15) is 0 Å². The monoisotopic (exact) mass is 367 g/mol. The first kappa shape index (κ1) is 23.0. The smallest absolute Gasteiger partial charge is 0.223 e. The van der Waals surface area contributed by atoms with E-state index < -0.39 is 0 Å². The summed E-state index contributed by atoms with van der Waals surface area (Å²) in [7, 11) is 0. The first-order chi connectivity index (χ1) is 9.92. The Hall–Kier alpha value is -0.0300. The Bertz CT molecular complexity index is 366. The summed E-state index contributed by atoms with van der Waals surface area (Å²) in [5.74, 6) is 1.17. The molecule has 3 N–H and O–H groups in total. The van der Waals surface area contributed by atoms with Crippen molar-refractivity contribution in [3.05, 3.63) is 0 Å². The zero-order chi connectivity index (χ0) is 15.5. The number of carbonyl (C=O) groups excluding carboxylic acids is 1. The average molecular weight is 368 g/mol. The van der Waals surface area contributed by atoms with Crippen LogP contribution in [-0.2, 0) is 4.79 Å². The zero-order valence-corrected chi connectivity index (χ0v) is 16.5. The van der Waals surface area contributed by atoms with Crippen LogP contribution in [0.15, 0.2) is 0 Å². The summed E-state index contributed by atoms with van der Waals surface area (Å²) in [5.41, 5.74) is 5.95. The summed E-state index contributed by atoms with van der Waals surface area (Å²) in [6.07, 6.45) is 6.70. The molecule has 0 aromatic heterocycles. The quantitative estimate of drug-likeness (QED) is 0.784. The molecule has 138 valence electrons. The molecule has 0 bridgehead atoms. The molecule has 0 aromatic rings. The molecule has 1 saturated heterocycles. The standard InChI is InChI=1S/C17H33N3O.2ClH/c1-4-13-6-5-9-20(11-13)17(2,3)12-19-16(21)14-7-8-15(18)10-14;;/h13-15H,4-12,18H2,1-3H3,(H,19,21);2*1H. The van der Waals surface area contributed by atoms with Crippen LogP contribution in [0.25, 0.3) is 0 Å². The van der Waals surface area contributed by atoms with Crippen molar-refractivity contribution in [2.75, 3.05) is 19.6 Å². The number of hydrogen-bond acceptors (Lipinski definition) is 3. The minimum atomic E-state index is 0. The van der Waals surface area contributed by atoms with Crippen LogP contribution in [0.4, 0.5) is 0 Å². The van der Waals surface area contributed by atoms with E-state index in [2.05, 4.69) is 31.0 Å². The Morgan fingerprint density at radius 3 is 2.52 bits per heavy atom. The molecular weight excluding hydrogens is 333 g/mol. The molecule has 4 nitrogen and oxygen atoms in total. The fourth-order valence-electron chi connectivity index (χ4n) is 3.76. The van der Waals surface area contributed by atoms with E-state index >= 15 is 0 Å². The van der Waals surface area contributed by atoms with E-state index in [1.165, 1.54) is 25.8 Å². The maximum absolute atomic E-state index is 12.3. The zero-order valence-electron chi connectivity index (χ0n) is 14.8. The largest absolute Gasteiger partial charge is 0.354 e. The third-order valence-corrected chi connectivity index (χ3v) is 5.49. The highest BCUT2D eigenvalue weighted by Gasteiger charge is 2.33. The van der Waals surface area contributed by atoms with Crippen LogP contribution in [0.3, 0.4) is 0 Å². The fourth-order valence-corrected chi connectivity index (χ4v) is 3.76. The van der Waals surface area contributed by atoms with Crippen molar-refractivity contribution in [1.29, 1.82) is 0 Å². The highest BCUT2D eigenvalue weighted by Crippen LogP contribution is 2.27. The van der Waals surface area contributed by atoms with Crippen molar-refractivity contribution >= 4 is 30.7 Å². The third-order valence-electron chi connectivity index (χ3n) is 5.49. The van der Waals surface area contributed by atoms with Gasteiger partial charge in [0.25, 0.3) is 0 Å². The van der Waals surface area contributed by atoms with Crippen LogP contribution in [0.5, 0.6) is 0 Å². The van der Waals surface area contributed by atoms with E-state index in [1.807, 2.05) is 0 Å². The predicted octanol–water partition coefficient (Wildman–Crippen LogP) is 2.97. The molecule has 2 aliphatic rings. The molecule has 1 saturated carbocycles. The third kappa shape index (κ3) is 6.41. The topological polar surface area (TPSA) is 58.4 Å². The van der Waals surface area contributed by atoms with E-state index in [9.17, 15) is 4.79 Å². The minimum Gasteiger partial charge on any atom is -0.354 e. The molecule has 1 aliphatic carbocycles. The summed E-state index contributed by atoms with van der Waals surface area (Å²) in [5, 5.41) is 3.18. The van der Waals surface area contributed by atoms with E-state index in [-0.39, 0.29) is 48.2 Å².